The number of pyridine rings is 1. The van der Waals surface area contributed by atoms with Gasteiger partial charge in [-0.15, -0.1) is 11.8 Å². The van der Waals surface area contributed by atoms with Gasteiger partial charge in [0, 0.05) is 16.5 Å². The van der Waals surface area contributed by atoms with Crippen molar-refractivity contribution in [2.75, 3.05) is 0 Å². The first-order chi connectivity index (χ1) is 8.99. The molecule has 1 aliphatic rings. The molecule has 1 aromatic heterocycles. The number of fused-ring (bicyclic) bond motifs is 1. The van der Waals surface area contributed by atoms with E-state index in [0.717, 1.165) is 23.4 Å². The van der Waals surface area contributed by atoms with E-state index < -0.39 is 0 Å². The van der Waals surface area contributed by atoms with Gasteiger partial charge >= 0.3 is 0 Å². The number of rotatable bonds is 4. The largest absolute Gasteiger partial charge is 0.384 e. The minimum absolute atomic E-state index is 0.138. The number of nitrogen functional groups attached to an aromatic ring is 1. The van der Waals surface area contributed by atoms with Crippen LogP contribution in [0.15, 0.2) is 11.1 Å². The number of nitrogens with one attached hydrogen (secondary N) is 1. The van der Waals surface area contributed by atoms with Crippen LogP contribution >= 0.6 is 11.8 Å². The smallest absolute Gasteiger partial charge is 0.125 e. The van der Waals surface area contributed by atoms with Gasteiger partial charge in [-0.2, -0.15) is 0 Å². The average molecular weight is 277 g/mol. The van der Waals surface area contributed by atoms with Gasteiger partial charge in [0.1, 0.15) is 10.9 Å². The number of amidine groups is 1. The summed E-state index contributed by atoms with van der Waals surface area (Å²) >= 11 is 1.75. The summed E-state index contributed by atoms with van der Waals surface area (Å²) in [7, 11) is 0. The predicted molar refractivity (Wildman–Crippen MR) is 82.1 cm³/mol. The van der Waals surface area contributed by atoms with E-state index in [-0.39, 0.29) is 5.84 Å². The monoisotopic (exact) mass is 277 g/mol. The van der Waals surface area contributed by atoms with Crippen LogP contribution in [0.4, 0.5) is 0 Å². The van der Waals surface area contributed by atoms with Gasteiger partial charge in [-0.05, 0) is 43.2 Å². The van der Waals surface area contributed by atoms with Crippen LogP contribution in [-0.2, 0) is 12.8 Å². The normalized spacial score (nSPS) is 16.2. The summed E-state index contributed by atoms with van der Waals surface area (Å²) in [5, 5.41) is 9.19. The van der Waals surface area contributed by atoms with Gasteiger partial charge < -0.3 is 5.73 Å². The Morgan fingerprint density at radius 1 is 1.32 bits per heavy atom. The van der Waals surface area contributed by atoms with Crippen molar-refractivity contribution in [1.82, 2.24) is 4.98 Å². The molecule has 1 aromatic rings. The molecule has 1 unspecified atom stereocenters. The van der Waals surface area contributed by atoms with Gasteiger partial charge in [0.05, 0.1) is 0 Å². The summed E-state index contributed by atoms with van der Waals surface area (Å²) in [5.41, 5.74) is 9.05. The quantitative estimate of drug-likeness (QED) is 0.504. The van der Waals surface area contributed by atoms with E-state index in [1.54, 1.807) is 11.8 Å². The average Bonchev–Trinajstić information content (AvgIpc) is 2.37. The van der Waals surface area contributed by atoms with Gasteiger partial charge in [-0.1, -0.05) is 20.8 Å². The molecule has 2 rings (SSSR count). The Bertz CT molecular complexity index is 483. The van der Waals surface area contributed by atoms with Gasteiger partial charge in [0.25, 0.3) is 0 Å². The third-order valence-electron chi connectivity index (χ3n) is 3.79. The van der Waals surface area contributed by atoms with Crippen LogP contribution in [0.1, 0.15) is 50.4 Å². The maximum atomic E-state index is 7.77. The van der Waals surface area contributed by atoms with Crippen LogP contribution in [0.25, 0.3) is 0 Å². The summed E-state index contributed by atoms with van der Waals surface area (Å²) in [6, 6.07) is 2.10. The third kappa shape index (κ3) is 3.30. The van der Waals surface area contributed by atoms with Crippen LogP contribution in [0.2, 0.25) is 0 Å². The summed E-state index contributed by atoms with van der Waals surface area (Å²) in [4.78, 5) is 4.80. The SMILES string of the molecule is CC(C)C(C)Sc1nc2c(cc1C(=N)N)CCCC2. The topological polar surface area (TPSA) is 62.8 Å². The Balaban J connectivity index is 2.37. The van der Waals surface area contributed by atoms with Crippen LogP contribution in [0, 0.1) is 11.3 Å². The molecule has 0 aromatic carbocycles. The molecule has 0 amide bonds. The number of nitrogens with two attached hydrogens (primary N) is 1. The Morgan fingerprint density at radius 2 is 2.00 bits per heavy atom. The maximum Gasteiger partial charge on any atom is 0.125 e. The van der Waals surface area contributed by atoms with Gasteiger partial charge in [-0.25, -0.2) is 4.98 Å². The fraction of sp³-hybridized carbons (Fsp3) is 0.600. The molecule has 1 heterocycles. The zero-order chi connectivity index (χ0) is 14.0. The summed E-state index contributed by atoms with van der Waals surface area (Å²) < 4.78 is 0. The van der Waals surface area contributed by atoms with E-state index >= 15 is 0 Å². The summed E-state index contributed by atoms with van der Waals surface area (Å²) in [5.74, 6) is 0.724. The van der Waals surface area contributed by atoms with E-state index in [1.165, 1.54) is 24.1 Å². The highest BCUT2D eigenvalue weighted by molar-refractivity contribution is 7.99. The zero-order valence-corrected chi connectivity index (χ0v) is 12.8. The minimum Gasteiger partial charge on any atom is -0.384 e. The fourth-order valence-electron chi connectivity index (χ4n) is 2.21. The molecule has 1 aliphatic carbocycles. The van der Waals surface area contributed by atoms with Crippen molar-refractivity contribution in [3.63, 3.8) is 0 Å². The van der Waals surface area contributed by atoms with Crippen molar-refractivity contribution in [3.8, 4) is 0 Å². The van der Waals surface area contributed by atoms with Gasteiger partial charge in [-0.3, -0.25) is 5.41 Å². The predicted octanol–water partition coefficient (Wildman–Crippen LogP) is 3.38. The molecule has 0 aliphatic heterocycles. The molecule has 1 atom stereocenters. The van der Waals surface area contributed by atoms with E-state index in [0.29, 0.717) is 11.2 Å². The first-order valence-electron chi connectivity index (χ1n) is 7.03. The molecule has 19 heavy (non-hydrogen) atoms. The summed E-state index contributed by atoms with van der Waals surface area (Å²) in [6.07, 6.45) is 4.59. The molecular weight excluding hydrogens is 254 g/mol. The van der Waals surface area contributed by atoms with Crippen LogP contribution in [-0.4, -0.2) is 16.1 Å². The Hall–Kier alpha value is -1.03. The lowest BCUT2D eigenvalue weighted by Gasteiger charge is -2.21. The third-order valence-corrected chi connectivity index (χ3v) is 5.24. The lowest BCUT2D eigenvalue weighted by Crippen LogP contribution is -2.18. The molecule has 104 valence electrons. The molecule has 0 radical (unpaired) electrons. The number of nitrogens with zero attached hydrogens (tertiary/aromatic N) is 1. The van der Waals surface area contributed by atoms with Crippen molar-refractivity contribution < 1.29 is 0 Å². The first-order valence-corrected chi connectivity index (χ1v) is 7.91. The van der Waals surface area contributed by atoms with E-state index in [9.17, 15) is 0 Å². The van der Waals surface area contributed by atoms with Crippen molar-refractivity contribution in [2.45, 2.75) is 56.7 Å². The molecule has 0 spiro atoms. The maximum absolute atomic E-state index is 7.77. The second-order valence-corrected chi connectivity index (χ2v) is 7.00. The fourth-order valence-corrected chi connectivity index (χ4v) is 3.29. The van der Waals surface area contributed by atoms with Crippen molar-refractivity contribution in [2.24, 2.45) is 11.7 Å². The highest BCUT2D eigenvalue weighted by atomic mass is 32.2. The number of aromatic nitrogens is 1. The lowest BCUT2D eigenvalue weighted by molar-refractivity contribution is 0.638. The van der Waals surface area contributed by atoms with E-state index in [1.807, 2.05) is 0 Å². The van der Waals surface area contributed by atoms with Crippen LogP contribution < -0.4 is 5.73 Å². The summed E-state index contributed by atoms with van der Waals surface area (Å²) in [6.45, 7) is 6.63. The Morgan fingerprint density at radius 3 is 2.63 bits per heavy atom. The standard InChI is InChI=1S/C15H23N3S/c1-9(2)10(3)19-15-12(14(16)17)8-11-6-4-5-7-13(11)18-15/h8-10H,4-7H2,1-3H3,(H3,16,17). The van der Waals surface area contributed by atoms with E-state index in [2.05, 4.69) is 26.8 Å². The molecule has 0 bridgehead atoms. The second-order valence-electron chi connectivity index (χ2n) is 5.63. The zero-order valence-electron chi connectivity index (χ0n) is 12.0. The number of aryl methyl sites for hydroxylation is 2. The van der Waals surface area contributed by atoms with Crippen LogP contribution in [0.5, 0.6) is 0 Å². The second kappa shape index (κ2) is 5.95. The number of hydrogen-bond donors (Lipinski definition) is 2. The highest BCUT2D eigenvalue weighted by Gasteiger charge is 2.19. The lowest BCUT2D eigenvalue weighted by atomic mass is 9.95. The number of thioether (sulfide) groups is 1. The molecule has 3 nitrogen and oxygen atoms in total. The molecule has 0 saturated heterocycles. The molecular formula is C15H23N3S. The minimum atomic E-state index is 0.138. The Kier molecular flexibility index (Phi) is 4.50. The molecule has 4 heteroatoms. The molecule has 0 fully saturated rings. The van der Waals surface area contributed by atoms with Gasteiger partial charge in [0.15, 0.2) is 0 Å². The first kappa shape index (κ1) is 14.4. The van der Waals surface area contributed by atoms with Crippen LogP contribution in [0.3, 0.4) is 0 Å². The Labute approximate surface area is 119 Å². The molecule has 3 N–H and O–H groups in total. The molecule has 0 saturated carbocycles. The van der Waals surface area contributed by atoms with E-state index in [4.69, 9.17) is 16.1 Å². The van der Waals surface area contributed by atoms with Gasteiger partial charge in [0.2, 0.25) is 0 Å². The number of hydrogen-bond acceptors (Lipinski definition) is 3. The van der Waals surface area contributed by atoms with Crippen molar-refractivity contribution >= 4 is 17.6 Å². The highest BCUT2D eigenvalue weighted by Crippen LogP contribution is 2.32. The van der Waals surface area contributed by atoms with Crippen molar-refractivity contribution in [3.05, 3.63) is 22.9 Å². The van der Waals surface area contributed by atoms with Crippen molar-refractivity contribution in [1.29, 1.82) is 5.41 Å².